The summed E-state index contributed by atoms with van der Waals surface area (Å²) < 4.78 is 13.6. The van der Waals surface area contributed by atoms with E-state index < -0.39 is 0 Å². The van der Waals surface area contributed by atoms with Gasteiger partial charge in [-0.3, -0.25) is 4.90 Å². The molecule has 1 rings (SSSR count). The topological polar surface area (TPSA) is 32.7 Å². The third kappa shape index (κ3) is 2.88. The van der Waals surface area contributed by atoms with Crippen molar-refractivity contribution in [2.75, 3.05) is 38.6 Å². The largest absolute Gasteiger partial charge is 0.379 e. The van der Waals surface area contributed by atoms with Crippen LogP contribution in [0.2, 0.25) is 0 Å². The summed E-state index contributed by atoms with van der Waals surface area (Å²) in [4.78, 5) is 2.30. The van der Waals surface area contributed by atoms with Gasteiger partial charge in [0.05, 0.1) is 13.2 Å². The molecule has 0 aromatic carbocycles. The van der Waals surface area contributed by atoms with Crippen molar-refractivity contribution in [3.05, 3.63) is 0 Å². The second-order valence-electron chi connectivity index (χ2n) is 2.29. The summed E-state index contributed by atoms with van der Waals surface area (Å²) in [6.07, 6.45) is 0. The first-order valence-corrected chi connectivity index (χ1v) is 4.44. The molecule has 0 spiro atoms. The zero-order chi connectivity index (χ0) is 7.23. The van der Waals surface area contributed by atoms with Gasteiger partial charge in [0.2, 0.25) is 0 Å². The minimum absolute atomic E-state index is 0.806. The van der Waals surface area contributed by atoms with Crippen molar-refractivity contribution in [1.29, 1.82) is 0 Å². The molecule has 1 aliphatic rings. The molecule has 10 heavy (non-hydrogen) atoms. The molecule has 1 heterocycles. The Bertz CT molecular complexity index is 85.8. The van der Waals surface area contributed by atoms with Crippen LogP contribution < -0.4 is 0 Å². The average molecular weight is 163 g/mol. The quantitative estimate of drug-likeness (QED) is 0.615. The molecule has 1 N–H and O–H groups in total. The van der Waals surface area contributed by atoms with E-state index in [0.29, 0.717) is 0 Å². The van der Waals surface area contributed by atoms with Gasteiger partial charge in [0.15, 0.2) is 0 Å². The van der Waals surface area contributed by atoms with Crippen molar-refractivity contribution in [3.8, 4) is 0 Å². The van der Waals surface area contributed by atoms with Crippen LogP contribution >= 0.6 is 12.0 Å². The molecular formula is C6H13NO2S. The van der Waals surface area contributed by atoms with Gasteiger partial charge < -0.3 is 9.29 Å². The molecule has 0 radical (unpaired) electrons. The number of ether oxygens (including phenoxy) is 1. The summed E-state index contributed by atoms with van der Waals surface area (Å²) in [6, 6.07) is 0. The molecule has 0 unspecified atom stereocenters. The average Bonchev–Trinajstić information content (AvgIpc) is 2.03. The highest BCUT2D eigenvalue weighted by Gasteiger charge is 2.08. The zero-order valence-corrected chi connectivity index (χ0v) is 6.77. The molecule has 1 saturated heterocycles. The van der Waals surface area contributed by atoms with Gasteiger partial charge in [0.25, 0.3) is 0 Å². The SMILES string of the molecule is OSCCN1CCOCC1. The first kappa shape index (κ1) is 8.33. The number of morpholine rings is 1. The maximum atomic E-state index is 8.46. The Morgan fingerprint density at radius 2 is 2.10 bits per heavy atom. The number of hydrogen-bond donors (Lipinski definition) is 1. The van der Waals surface area contributed by atoms with Crippen molar-refractivity contribution in [2.24, 2.45) is 0 Å². The van der Waals surface area contributed by atoms with Gasteiger partial charge in [-0.25, -0.2) is 0 Å². The third-order valence-corrected chi connectivity index (χ3v) is 1.97. The molecule has 0 aromatic rings. The van der Waals surface area contributed by atoms with Crippen molar-refractivity contribution < 1.29 is 9.29 Å². The number of rotatable bonds is 3. The summed E-state index contributed by atoms with van der Waals surface area (Å²) in [6.45, 7) is 4.69. The van der Waals surface area contributed by atoms with E-state index in [4.69, 9.17) is 9.29 Å². The zero-order valence-electron chi connectivity index (χ0n) is 5.95. The fraction of sp³-hybridized carbons (Fsp3) is 1.00. The van der Waals surface area contributed by atoms with Crippen LogP contribution in [-0.2, 0) is 4.74 Å². The Morgan fingerprint density at radius 1 is 1.40 bits per heavy atom. The lowest BCUT2D eigenvalue weighted by Gasteiger charge is -2.25. The van der Waals surface area contributed by atoms with Gasteiger partial charge in [-0.05, 0) is 12.0 Å². The van der Waals surface area contributed by atoms with E-state index >= 15 is 0 Å². The molecule has 0 aromatic heterocycles. The molecular weight excluding hydrogens is 150 g/mol. The smallest absolute Gasteiger partial charge is 0.0594 e. The van der Waals surface area contributed by atoms with Gasteiger partial charge in [-0.15, -0.1) is 0 Å². The molecule has 1 aliphatic heterocycles. The van der Waals surface area contributed by atoms with E-state index in [1.165, 1.54) is 0 Å². The fourth-order valence-electron chi connectivity index (χ4n) is 0.995. The van der Waals surface area contributed by atoms with Crippen molar-refractivity contribution in [1.82, 2.24) is 4.90 Å². The van der Waals surface area contributed by atoms with E-state index in [1.54, 1.807) is 0 Å². The van der Waals surface area contributed by atoms with Crippen molar-refractivity contribution >= 4 is 12.0 Å². The summed E-state index contributed by atoms with van der Waals surface area (Å²) in [5.74, 6) is 0.806. The normalized spacial score (nSPS) is 21.3. The lowest BCUT2D eigenvalue weighted by atomic mass is 10.4. The molecule has 0 saturated carbocycles. The van der Waals surface area contributed by atoms with Crippen molar-refractivity contribution in [2.45, 2.75) is 0 Å². The molecule has 0 atom stereocenters. The highest BCUT2D eigenvalue weighted by molar-refractivity contribution is 7.93. The van der Waals surface area contributed by atoms with Crippen molar-refractivity contribution in [3.63, 3.8) is 0 Å². The van der Waals surface area contributed by atoms with Gasteiger partial charge in [-0.1, -0.05) is 0 Å². The van der Waals surface area contributed by atoms with Crippen LogP contribution in [-0.4, -0.2) is 48.1 Å². The standard InChI is InChI=1S/C6H13NO2S/c8-10-6-3-7-1-4-9-5-2-7/h8H,1-6H2. The van der Waals surface area contributed by atoms with E-state index in [9.17, 15) is 0 Å². The van der Waals surface area contributed by atoms with E-state index in [0.717, 1.165) is 50.6 Å². The first-order valence-electron chi connectivity index (χ1n) is 3.50. The van der Waals surface area contributed by atoms with Crippen LogP contribution in [0.5, 0.6) is 0 Å². The first-order chi connectivity index (χ1) is 4.93. The van der Waals surface area contributed by atoms with Gasteiger partial charge in [-0.2, -0.15) is 0 Å². The summed E-state index contributed by atoms with van der Waals surface area (Å²) in [5.41, 5.74) is 0. The van der Waals surface area contributed by atoms with Gasteiger partial charge in [0.1, 0.15) is 0 Å². The number of nitrogens with zero attached hydrogens (tertiary/aromatic N) is 1. The van der Waals surface area contributed by atoms with Crippen LogP contribution in [0.15, 0.2) is 0 Å². The fourth-order valence-corrected chi connectivity index (χ4v) is 1.33. The molecule has 0 bridgehead atoms. The maximum Gasteiger partial charge on any atom is 0.0594 e. The molecule has 60 valence electrons. The lowest BCUT2D eigenvalue weighted by Crippen LogP contribution is -2.37. The minimum Gasteiger partial charge on any atom is -0.379 e. The monoisotopic (exact) mass is 163 g/mol. The molecule has 1 fully saturated rings. The van der Waals surface area contributed by atoms with E-state index in [-0.39, 0.29) is 0 Å². The highest BCUT2D eigenvalue weighted by atomic mass is 32.2. The summed E-state index contributed by atoms with van der Waals surface area (Å²) >= 11 is 0.913. The molecule has 4 heteroatoms. The molecule has 0 amide bonds. The maximum absolute atomic E-state index is 8.46. The Hall–Kier alpha value is 0.230. The molecule has 0 aliphatic carbocycles. The Kier molecular flexibility index (Phi) is 4.13. The number of hydrogen-bond acceptors (Lipinski definition) is 4. The Labute approximate surface area is 65.6 Å². The van der Waals surface area contributed by atoms with Gasteiger partial charge in [0, 0.05) is 25.4 Å². The Morgan fingerprint density at radius 3 is 2.70 bits per heavy atom. The van der Waals surface area contributed by atoms with E-state index in [1.807, 2.05) is 0 Å². The van der Waals surface area contributed by atoms with Crippen LogP contribution in [0.4, 0.5) is 0 Å². The third-order valence-electron chi connectivity index (χ3n) is 1.60. The van der Waals surface area contributed by atoms with Crippen LogP contribution in [0.3, 0.4) is 0 Å². The predicted octanol–water partition coefficient (Wildman–Crippen LogP) is 0.525. The summed E-state index contributed by atoms with van der Waals surface area (Å²) in [7, 11) is 0. The predicted molar refractivity (Wildman–Crippen MR) is 42.3 cm³/mol. The second-order valence-corrected chi connectivity index (χ2v) is 2.95. The Balaban J connectivity index is 2.02. The van der Waals surface area contributed by atoms with Crippen LogP contribution in [0.25, 0.3) is 0 Å². The molecule has 3 nitrogen and oxygen atoms in total. The van der Waals surface area contributed by atoms with Crippen LogP contribution in [0, 0.1) is 0 Å². The minimum atomic E-state index is 0.806. The van der Waals surface area contributed by atoms with Gasteiger partial charge >= 0.3 is 0 Å². The lowest BCUT2D eigenvalue weighted by molar-refractivity contribution is 0.0409. The van der Waals surface area contributed by atoms with Crippen LogP contribution in [0.1, 0.15) is 0 Å². The second kappa shape index (κ2) is 4.96. The highest BCUT2D eigenvalue weighted by Crippen LogP contribution is 1.98. The van der Waals surface area contributed by atoms with E-state index in [2.05, 4.69) is 4.90 Å². The summed E-state index contributed by atoms with van der Waals surface area (Å²) in [5, 5.41) is 0.